The molecule has 0 unspecified atom stereocenters. The van der Waals surface area contributed by atoms with Gasteiger partial charge in [0.1, 0.15) is 11.8 Å². The summed E-state index contributed by atoms with van der Waals surface area (Å²) in [4.78, 5) is 10.6. The maximum Gasteiger partial charge on any atom is 0.260 e. The number of halogens is 2. The van der Waals surface area contributed by atoms with Crippen LogP contribution in [0.25, 0.3) is 0 Å². The summed E-state index contributed by atoms with van der Waals surface area (Å²) >= 11 is 0. The SMILES string of the molecule is CC(=O)C1=NN[C@@H](C(F)F)C1. The fourth-order valence-electron chi connectivity index (χ4n) is 0.828. The van der Waals surface area contributed by atoms with Crippen LogP contribution in [0.4, 0.5) is 8.78 Å². The van der Waals surface area contributed by atoms with Crippen molar-refractivity contribution in [1.29, 1.82) is 0 Å². The number of Topliss-reactive ketones (excluding diaryl/α,β-unsaturated/α-hetero) is 1. The molecule has 0 aromatic heterocycles. The molecule has 1 N–H and O–H groups in total. The van der Waals surface area contributed by atoms with Gasteiger partial charge in [0.15, 0.2) is 5.78 Å². The van der Waals surface area contributed by atoms with Crippen LogP contribution in [-0.2, 0) is 4.79 Å². The molecule has 1 rings (SSSR count). The lowest BCUT2D eigenvalue weighted by molar-refractivity contribution is -0.111. The fourth-order valence-corrected chi connectivity index (χ4v) is 0.828. The highest BCUT2D eigenvalue weighted by molar-refractivity contribution is 6.39. The van der Waals surface area contributed by atoms with E-state index in [0.29, 0.717) is 0 Å². The number of carbonyl (C=O) groups excluding carboxylic acids is 1. The third-order valence-corrected chi connectivity index (χ3v) is 1.49. The van der Waals surface area contributed by atoms with Gasteiger partial charge in [-0.3, -0.25) is 4.79 Å². The molecule has 11 heavy (non-hydrogen) atoms. The van der Waals surface area contributed by atoms with Crippen molar-refractivity contribution >= 4 is 11.5 Å². The van der Waals surface area contributed by atoms with Crippen LogP contribution in [0.15, 0.2) is 5.10 Å². The Bertz CT molecular complexity index is 203. The van der Waals surface area contributed by atoms with Crippen LogP contribution < -0.4 is 5.43 Å². The van der Waals surface area contributed by atoms with Crippen molar-refractivity contribution in [2.24, 2.45) is 5.10 Å². The molecule has 0 saturated carbocycles. The third kappa shape index (κ3) is 1.72. The fraction of sp³-hybridized carbons (Fsp3) is 0.667. The van der Waals surface area contributed by atoms with Gasteiger partial charge in [-0.25, -0.2) is 8.78 Å². The van der Waals surface area contributed by atoms with Crippen molar-refractivity contribution in [3.63, 3.8) is 0 Å². The summed E-state index contributed by atoms with van der Waals surface area (Å²) < 4.78 is 23.9. The van der Waals surface area contributed by atoms with E-state index in [2.05, 4.69) is 10.5 Å². The monoisotopic (exact) mass is 162 g/mol. The van der Waals surface area contributed by atoms with Gasteiger partial charge in [0.05, 0.1) is 0 Å². The number of hydrogen-bond donors (Lipinski definition) is 1. The summed E-state index contributed by atoms with van der Waals surface area (Å²) in [7, 11) is 0. The highest BCUT2D eigenvalue weighted by atomic mass is 19.3. The van der Waals surface area contributed by atoms with E-state index in [9.17, 15) is 13.6 Å². The molecule has 5 heteroatoms. The standard InChI is InChI=1S/C6H8F2N2O/c1-3(11)4-2-5(6(7)8)10-9-4/h5-6,10H,2H2,1H3/t5-/m1/s1. The molecular formula is C6H8F2N2O. The molecule has 0 bridgehead atoms. The first-order valence-corrected chi connectivity index (χ1v) is 3.22. The van der Waals surface area contributed by atoms with Gasteiger partial charge in [0.2, 0.25) is 0 Å². The lowest BCUT2D eigenvalue weighted by Crippen LogP contribution is -2.28. The van der Waals surface area contributed by atoms with E-state index >= 15 is 0 Å². The van der Waals surface area contributed by atoms with Gasteiger partial charge in [-0.05, 0) is 0 Å². The Kier molecular flexibility index (Phi) is 2.16. The van der Waals surface area contributed by atoms with Gasteiger partial charge in [0.25, 0.3) is 6.43 Å². The smallest absolute Gasteiger partial charge is 0.260 e. The quantitative estimate of drug-likeness (QED) is 0.644. The maximum atomic E-state index is 11.9. The van der Waals surface area contributed by atoms with E-state index in [0.717, 1.165) is 0 Å². The number of hydrazone groups is 1. The van der Waals surface area contributed by atoms with Gasteiger partial charge < -0.3 is 5.43 Å². The molecule has 0 fully saturated rings. The van der Waals surface area contributed by atoms with Crippen molar-refractivity contribution < 1.29 is 13.6 Å². The maximum absolute atomic E-state index is 11.9. The predicted molar refractivity (Wildman–Crippen MR) is 35.7 cm³/mol. The molecule has 1 atom stereocenters. The number of nitrogens with one attached hydrogen (secondary N) is 1. The summed E-state index contributed by atoms with van der Waals surface area (Å²) in [6, 6.07) is -0.978. The minimum Gasteiger partial charge on any atom is -0.300 e. The first kappa shape index (κ1) is 8.10. The van der Waals surface area contributed by atoms with Crippen LogP contribution in [0.1, 0.15) is 13.3 Å². The number of rotatable bonds is 2. The number of nitrogens with zero attached hydrogens (tertiary/aromatic N) is 1. The normalized spacial score (nSPS) is 23.3. The molecule has 0 saturated heterocycles. The minimum atomic E-state index is -2.46. The Morgan fingerprint density at radius 2 is 2.45 bits per heavy atom. The van der Waals surface area contributed by atoms with Crippen molar-refractivity contribution in [2.75, 3.05) is 0 Å². The van der Waals surface area contributed by atoms with Crippen LogP contribution >= 0.6 is 0 Å². The topological polar surface area (TPSA) is 41.5 Å². The molecule has 1 aliphatic heterocycles. The molecule has 3 nitrogen and oxygen atoms in total. The number of hydrogen-bond acceptors (Lipinski definition) is 3. The molecule has 0 spiro atoms. The Balaban J connectivity index is 2.49. The second-order valence-corrected chi connectivity index (χ2v) is 2.39. The molecule has 0 amide bonds. The minimum absolute atomic E-state index is 0.0347. The third-order valence-electron chi connectivity index (χ3n) is 1.49. The Morgan fingerprint density at radius 3 is 2.73 bits per heavy atom. The zero-order valence-electron chi connectivity index (χ0n) is 5.97. The lowest BCUT2D eigenvalue weighted by Gasteiger charge is -2.05. The van der Waals surface area contributed by atoms with E-state index in [1.54, 1.807) is 0 Å². The molecule has 0 aromatic rings. The van der Waals surface area contributed by atoms with E-state index in [1.165, 1.54) is 6.92 Å². The molecule has 0 radical (unpaired) electrons. The molecule has 1 aliphatic rings. The summed E-state index contributed by atoms with van der Waals surface area (Å²) in [5.74, 6) is -0.249. The zero-order chi connectivity index (χ0) is 8.43. The average Bonchev–Trinajstić information content (AvgIpc) is 2.33. The van der Waals surface area contributed by atoms with Gasteiger partial charge in [-0.15, -0.1) is 0 Å². The second kappa shape index (κ2) is 2.94. The van der Waals surface area contributed by atoms with E-state index in [4.69, 9.17) is 0 Å². The van der Waals surface area contributed by atoms with Crippen molar-refractivity contribution in [3.8, 4) is 0 Å². The van der Waals surface area contributed by atoms with Gasteiger partial charge >= 0.3 is 0 Å². The average molecular weight is 162 g/mol. The number of alkyl halides is 2. The Morgan fingerprint density at radius 1 is 1.82 bits per heavy atom. The van der Waals surface area contributed by atoms with Gasteiger partial charge in [-0.2, -0.15) is 5.10 Å². The first-order valence-electron chi connectivity index (χ1n) is 3.22. The van der Waals surface area contributed by atoms with E-state index < -0.39 is 12.5 Å². The summed E-state index contributed by atoms with van der Waals surface area (Å²) in [5.41, 5.74) is 2.41. The largest absolute Gasteiger partial charge is 0.300 e. The van der Waals surface area contributed by atoms with Crippen LogP contribution in [0, 0.1) is 0 Å². The van der Waals surface area contributed by atoms with Crippen LogP contribution in [0.2, 0.25) is 0 Å². The van der Waals surface area contributed by atoms with E-state index in [-0.39, 0.29) is 17.9 Å². The predicted octanol–water partition coefficient (Wildman–Crippen LogP) is 0.558. The zero-order valence-corrected chi connectivity index (χ0v) is 5.97. The summed E-state index contributed by atoms with van der Waals surface area (Å²) in [5, 5.41) is 3.48. The molecule has 62 valence electrons. The van der Waals surface area contributed by atoms with Gasteiger partial charge in [0, 0.05) is 13.3 Å². The van der Waals surface area contributed by atoms with Crippen molar-refractivity contribution in [2.45, 2.75) is 25.8 Å². The van der Waals surface area contributed by atoms with Crippen molar-refractivity contribution in [3.05, 3.63) is 0 Å². The van der Waals surface area contributed by atoms with Crippen molar-refractivity contribution in [1.82, 2.24) is 5.43 Å². The molecule has 0 aliphatic carbocycles. The highest BCUT2D eigenvalue weighted by Crippen LogP contribution is 2.11. The summed E-state index contributed by atoms with van der Waals surface area (Å²) in [6.45, 7) is 1.31. The van der Waals surface area contributed by atoms with Crippen LogP contribution in [0.3, 0.4) is 0 Å². The number of ketones is 1. The highest BCUT2D eigenvalue weighted by Gasteiger charge is 2.28. The Hall–Kier alpha value is -1.00. The summed E-state index contributed by atoms with van der Waals surface area (Å²) in [6.07, 6.45) is -2.43. The second-order valence-electron chi connectivity index (χ2n) is 2.39. The number of carbonyl (C=O) groups is 1. The first-order chi connectivity index (χ1) is 5.11. The molecule has 1 heterocycles. The van der Waals surface area contributed by atoms with Crippen LogP contribution in [-0.4, -0.2) is 24.0 Å². The molecular weight excluding hydrogens is 154 g/mol. The van der Waals surface area contributed by atoms with Crippen LogP contribution in [0.5, 0.6) is 0 Å². The lowest BCUT2D eigenvalue weighted by atomic mass is 10.1. The molecule has 0 aromatic carbocycles. The van der Waals surface area contributed by atoms with E-state index in [1.807, 2.05) is 0 Å². The Labute approximate surface area is 62.5 Å². The van der Waals surface area contributed by atoms with Gasteiger partial charge in [-0.1, -0.05) is 0 Å².